The van der Waals surface area contributed by atoms with E-state index in [-0.39, 0.29) is 5.56 Å². The molecule has 0 aromatic heterocycles. The first-order valence-electron chi connectivity index (χ1n) is 5.55. The summed E-state index contributed by atoms with van der Waals surface area (Å²) in [6, 6.07) is 4.98. The summed E-state index contributed by atoms with van der Waals surface area (Å²) in [4.78, 5) is 22.6. The van der Waals surface area contributed by atoms with Gasteiger partial charge in [-0.2, -0.15) is 0 Å². The number of hydrogen-bond donors (Lipinski definition) is 3. The van der Waals surface area contributed by atoms with Crippen molar-refractivity contribution in [2.45, 2.75) is 24.8 Å². The number of aliphatic carboxylic acids is 1. The number of nitrogens with one attached hydrogen (secondary N) is 1. The summed E-state index contributed by atoms with van der Waals surface area (Å²) < 4.78 is 0.722. The van der Waals surface area contributed by atoms with Crippen molar-refractivity contribution >= 4 is 33.5 Å². The second kappa shape index (κ2) is 4.61. The number of halogens is 1. The van der Waals surface area contributed by atoms with Crippen molar-refractivity contribution in [1.82, 2.24) is 0 Å². The average molecular weight is 313 g/mol. The first-order chi connectivity index (χ1) is 8.44. The predicted molar refractivity (Wildman–Crippen MR) is 70.5 cm³/mol. The van der Waals surface area contributed by atoms with E-state index in [2.05, 4.69) is 21.2 Å². The molecule has 1 saturated carbocycles. The number of carbonyl (C=O) groups is 2. The van der Waals surface area contributed by atoms with E-state index in [1.54, 1.807) is 18.2 Å². The van der Waals surface area contributed by atoms with Gasteiger partial charge < -0.3 is 16.2 Å². The summed E-state index contributed by atoms with van der Waals surface area (Å²) in [6.45, 7) is 0. The van der Waals surface area contributed by atoms with E-state index < -0.39 is 17.4 Å². The molecule has 0 bridgehead atoms. The second-order valence-electron chi connectivity index (χ2n) is 4.42. The van der Waals surface area contributed by atoms with Crippen molar-refractivity contribution in [1.29, 1.82) is 0 Å². The van der Waals surface area contributed by atoms with Crippen LogP contribution in [0.5, 0.6) is 0 Å². The number of hydrogen-bond acceptors (Lipinski definition) is 3. The molecule has 6 heteroatoms. The number of carbonyl (C=O) groups excluding carboxylic acids is 1. The summed E-state index contributed by atoms with van der Waals surface area (Å²) >= 11 is 3.25. The van der Waals surface area contributed by atoms with Gasteiger partial charge in [0.2, 0.25) is 0 Å². The molecule has 1 aromatic rings. The zero-order valence-corrected chi connectivity index (χ0v) is 11.2. The largest absolute Gasteiger partial charge is 0.480 e. The minimum Gasteiger partial charge on any atom is -0.480 e. The van der Waals surface area contributed by atoms with Crippen molar-refractivity contribution in [3.8, 4) is 0 Å². The third-order valence-corrected chi connectivity index (χ3v) is 3.73. The molecule has 0 radical (unpaired) electrons. The molecule has 1 fully saturated rings. The van der Waals surface area contributed by atoms with Crippen LogP contribution in [0.25, 0.3) is 0 Å². The fraction of sp³-hybridized carbons (Fsp3) is 0.333. The van der Waals surface area contributed by atoms with Gasteiger partial charge in [-0.25, -0.2) is 4.79 Å². The molecule has 0 atom stereocenters. The molecule has 18 heavy (non-hydrogen) atoms. The Kier molecular flexibility index (Phi) is 3.30. The molecule has 1 aromatic carbocycles. The number of primary amides is 1. The van der Waals surface area contributed by atoms with Crippen LogP contribution in [0.3, 0.4) is 0 Å². The first kappa shape index (κ1) is 12.9. The molecule has 1 aliphatic carbocycles. The summed E-state index contributed by atoms with van der Waals surface area (Å²) in [5.74, 6) is -1.48. The second-order valence-corrected chi connectivity index (χ2v) is 5.34. The molecule has 2 rings (SSSR count). The van der Waals surface area contributed by atoms with Crippen molar-refractivity contribution < 1.29 is 14.7 Å². The van der Waals surface area contributed by atoms with Crippen molar-refractivity contribution in [3.05, 3.63) is 28.2 Å². The quantitative estimate of drug-likeness (QED) is 0.792. The Balaban J connectivity index is 2.34. The maximum absolute atomic E-state index is 11.3. The molecule has 5 nitrogen and oxygen atoms in total. The third-order valence-electron chi connectivity index (χ3n) is 3.24. The van der Waals surface area contributed by atoms with Crippen LogP contribution in [0, 0.1) is 0 Å². The highest BCUT2D eigenvalue weighted by molar-refractivity contribution is 9.10. The standard InChI is InChI=1S/C12H13BrN2O3/c13-7-2-3-9(8(6-7)10(14)16)15-12(11(17)18)4-1-5-12/h2-3,6,15H,1,4-5H2,(H2,14,16)(H,17,18). The highest BCUT2D eigenvalue weighted by Gasteiger charge is 2.44. The molecular formula is C12H13BrN2O3. The Bertz CT molecular complexity index is 512. The number of carboxylic acids is 1. The van der Waals surface area contributed by atoms with Gasteiger partial charge in [0.25, 0.3) is 5.91 Å². The van der Waals surface area contributed by atoms with Crippen molar-refractivity contribution in [3.63, 3.8) is 0 Å². The fourth-order valence-corrected chi connectivity index (χ4v) is 2.37. The normalized spacial score (nSPS) is 16.7. The third kappa shape index (κ3) is 2.20. The molecule has 0 saturated heterocycles. The lowest BCUT2D eigenvalue weighted by molar-refractivity contribution is -0.145. The van der Waals surface area contributed by atoms with E-state index in [0.717, 1.165) is 10.9 Å². The number of carboxylic acid groups (broad SMARTS) is 1. The van der Waals surface area contributed by atoms with E-state index in [4.69, 9.17) is 5.73 Å². The Hall–Kier alpha value is -1.56. The van der Waals surface area contributed by atoms with Crippen LogP contribution >= 0.6 is 15.9 Å². The Morgan fingerprint density at radius 1 is 1.39 bits per heavy atom. The van der Waals surface area contributed by atoms with Crippen molar-refractivity contribution in [2.75, 3.05) is 5.32 Å². The number of anilines is 1. The first-order valence-corrected chi connectivity index (χ1v) is 6.35. The molecule has 0 unspecified atom stereocenters. The van der Waals surface area contributed by atoms with Gasteiger partial charge in [-0.1, -0.05) is 15.9 Å². The Morgan fingerprint density at radius 3 is 2.50 bits per heavy atom. The van der Waals surface area contributed by atoms with Crippen LogP contribution < -0.4 is 11.1 Å². The molecule has 0 spiro atoms. The fourth-order valence-electron chi connectivity index (χ4n) is 2.01. The summed E-state index contributed by atoms with van der Waals surface area (Å²) in [6.07, 6.45) is 1.97. The zero-order valence-electron chi connectivity index (χ0n) is 9.57. The zero-order chi connectivity index (χ0) is 13.3. The minimum atomic E-state index is -0.960. The SMILES string of the molecule is NC(=O)c1cc(Br)ccc1NC1(C(=O)O)CCC1. The van der Waals surface area contributed by atoms with Gasteiger partial charge in [-0.05, 0) is 37.5 Å². The van der Waals surface area contributed by atoms with Crippen LogP contribution in [0.15, 0.2) is 22.7 Å². The van der Waals surface area contributed by atoms with Crippen LogP contribution in [0.1, 0.15) is 29.6 Å². The molecular weight excluding hydrogens is 300 g/mol. The van der Waals surface area contributed by atoms with Gasteiger partial charge in [0.05, 0.1) is 5.56 Å². The van der Waals surface area contributed by atoms with Crippen LogP contribution in [0.2, 0.25) is 0 Å². The number of rotatable bonds is 4. The lowest BCUT2D eigenvalue weighted by atomic mass is 9.76. The number of benzene rings is 1. The Morgan fingerprint density at radius 2 is 2.06 bits per heavy atom. The van der Waals surface area contributed by atoms with Crippen molar-refractivity contribution in [2.24, 2.45) is 5.73 Å². The average Bonchev–Trinajstić information content (AvgIpc) is 2.24. The van der Waals surface area contributed by atoms with E-state index in [9.17, 15) is 14.7 Å². The molecule has 0 aliphatic heterocycles. The monoisotopic (exact) mass is 312 g/mol. The van der Waals surface area contributed by atoms with E-state index in [1.807, 2.05) is 0 Å². The summed E-state index contributed by atoms with van der Waals surface area (Å²) in [7, 11) is 0. The van der Waals surface area contributed by atoms with Gasteiger partial charge in [-0.3, -0.25) is 4.79 Å². The van der Waals surface area contributed by atoms with E-state index >= 15 is 0 Å². The maximum Gasteiger partial charge on any atom is 0.329 e. The predicted octanol–water partition coefficient (Wildman–Crippen LogP) is 1.97. The van der Waals surface area contributed by atoms with Crippen LogP contribution in [-0.4, -0.2) is 22.5 Å². The van der Waals surface area contributed by atoms with Gasteiger partial charge in [0.15, 0.2) is 0 Å². The molecule has 1 aliphatic rings. The Labute approximate surface area is 112 Å². The topological polar surface area (TPSA) is 92.4 Å². The highest BCUT2D eigenvalue weighted by Crippen LogP contribution is 2.36. The van der Waals surface area contributed by atoms with Gasteiger partial charge in [0.1, 0.15) is 5.54 Å². The van der Waals surface area contributed by atoms with Crippen LogP contribution in [0.4, 0.5) is 5.69 Å². The van der Waals surface area contributed by atoms with E-state index in [0.29, 0.717) is 18.5 Å². The summed E-state index contributed by atoms with van der Waals surface area (Å²) in [5.41, 5.74) is 5.08. The maximum atomic E-state index is 11.3. The van der Waals surface area contributed by atoms with Gasteiger partial charge in [-0.15, -0.1) is 0 Å². The number of amides is 1. The minimum absolute atomic E-state index is 0.289. The molecule has 1 amide bonds. The van der Waals surface area contributed by atoms with E-state index in [1.165, 1.54) is 0 Å². The van der Waals surface area contributed by atoms with Gasteiger partial charge in [0, 0.05) is 10.2 Å². The lowest BCUT2D eigenvalue weighted by Gasteiger charge is -2.39. The summed E-state index contributed by atoms with van der Waals surface area (Å²) in [5, 5.41) is 12.2. The lowest BCUT2D eigenvalue weighted by Crippen LogP contribution is -2.52. The molecule has 0 heterocycles. The number of nitrogens with two attached hydrogens (primary N) is 1. The molecule has 4 N–H and O–H groups in total. The highest BCUT2D eigenvalue weighted by atomic mass is 79.9. The smallest absolute Gasteiger partial charge is 0.329 e. The van der Waals surface area contributed by atoms with Gasteiger partial charge >= 0.3 is 5.97 Å². The molecule has 96 valence electrons. The van der Waals surface area contributed by atoms with Crippen LogP contribution in [-0.2, 0) is 4.79 Å².